The number of rotatable bonds is 3. The minimum absolute atomic E-state index is 0.0671. The molecule has 6 nitrogen and oxygen atoms in total. The Morgan fingerprint density at radius 2 is 1.88 bits per heavy atom. The van der Waals surface area contributed by atoms with Crippen LogP contribution in [0.3, 0.4) is 0 Å². The molecule has 1 aromatic rings. The van der Waals surface area contributed by atoms with Gasteiger partial charge in [-0.1, -0.05) is 0 Å². The van der Waals surface area contributed by atoms with Crippen molar-refractivity contribution < 1.29 is 26.7 Å². The van der Waals surface area contributed by atoms with Gasteiger partial charge in [0.25, 0.3) is 5.91 Å². The van der Waals surface area contributed by atoms with E-state index in [9.17, 15) is 22.0 Å². The van der Waals surface area contributed by atoms with Crippen molar-refractivity contribution in [3.05, 3.63) is 29.8 Å². The summed E-state index contributed by atoms with van der Waals surface area (Å²) in [7, 11) is -4.06. The quantitative estimate of drug-likeness (QED) is 0.806. The highest BCUT2D eigenvalue weighted by Gasteiger charge is 2.34. The van der Waals surface area contributed by atoms with Crippen LogP contribution in [0.4, 0.5) is 8.78 Å². The summed E-state index contributed by atoms with van der Waals surface area (Å²) in [6, 6.07) is 2.38. The van der Waals surface area contributed by atoms with E-state index in [0.717, 1.165) is 22.9 Å². The van der Waals surface area contributed by atoms with E-state index in [1.807, 2.05) is 0 Å². The number of amides is 1. The molecule has 24 heavy (non-hydrogen) atoms. The van der Waals surface area contributed by atoms with E-state index < -0.39 is 32.7 Å². The topological polar surface area (TPSA) is 66.9 Å². The molecule has 0 saturated carbocycles. The molecule has 1 atom stereocenters. The van der Waals surface area contributed by atoms with Gasteiger partial charge in [0.05, 0.1) is 0 Å². The van der Waals surface area contributed by atoms with Crippen molar-refractivity contribution in [3.63, 3.8) is 0 Å². The second-order valence-electron chi connectivity index (χ2n) is 5.81. The molecule has 2 saturated heterocycles. The van der Waals surface area contributed by atoms with Crippen molar-refractivity contribution in [2.24, 2.45) is 0 Å². The predicted octanol–water partition coefficient (Wildman–Crippen LogP) is 0.977. The Balaban J connectivity index is 1.68. The number of nitrogens with zero attached hydrogens (tertiary/aromatic N) is 2. The van der Waals surface area contributed by atoms with Gasteiger partial charge < -0.3 is 9.64 Å². The smallest absolute Gasteiger partial charge is 0.251 e. The number of carbonyl (C=O) groups is 1. The maximum absolute atomic E-state index is 13.8. The largest absolute Gasteiger partial charge is 0.368 e. The number of halogens is 2. The SMILES string of the molecule is O=C([C@@H]1CCCO1)N1CCN(S(=O)(=O)c2ccc(F)cc2F)CC1. The number of benzene rings is 1. The summed E-state index contributed by atoms with van der Waals surface area (Å²) in [5.41, 5.74) is 0. The van der Waals surface area contributed by atoms with Gasteiger partial charge in [0.1, 0.15) is 22.6 Å². The predicted molar refractivity (Wildman–Crippen MR) is 80.7 cm³/mol. The average Bonchev–Trinajstić information content (AvgIpc) is 3.08. The first-order valence-electron chi connectivity index (χ1n) is 7.75. The Morgan fingerprint density at radius 1 is 1.17 bits per heavy atom. The maximum Gasteiger partial charge on any atom is 0.251 e. The Hall–Kier alpha value is -1.58. The first-order chi connectivity index (χ1) is 11.4. The molecule has 0 unspecified atom stereocenters. The molecule has 1 aromatic carbocycles. The van der Waals surface area contributed by atoms with E-state index in [4.69, 9.17) is 4.74 Å². The van der Waals surface area contributed by atoms with Crippen LogP contribution in [0, 0.1) is 11.6 Å². The highest BCUT2D eigenvalue weighted by Crippen LogP contribution is 2.22. The van der Waals surface area contributed by atoms with Gasteiger partial charge >= 0.3 is 0 Å². The maximum atomic E-state index is 13.8. The lowest BCUT2D eigenvalue weighted by Gasteiger charge is -2.35. The normalized spacial score (nSPS) is 22.8. The van der Waals surface area contributed by atoms with Crippen molar-refractivity contribution in [1.29, 1.82) is 0 Å². The van der Waals surface area contributed by atoms with E-state index in [2.05, 4.69) is 0 Å². The van der Waals surface area contributed by atoms with E-state index in [-0.39, 0.29) is 32.1 Å². The Morgan fingerprint density at radius 3 is 2.46 bits per heavy atom. The Labute approximate surface area is 139 Å². The Bertz CT molecular complexity index is 727. The van der Waals surface area contributed by atoms with E-state index in [1.54, 1.807) is 4.90 Å². The molecule has 1 amide bonds. The molecular formula is C15H18F2N2O4S. The molecule has 0 bridgehead atoms. The molecule has 0 aromatic heterocycles. The fourth-order valence-electron chi connectivity index (χ4n) is 2.95. The van der Waals surface area contributed by atoms with Gasteiger partial charge in [0.2, 0.25) is 10.0 Å². The zero-order valence-corrected chi connectivity index (χ0v) is 13.8. The van der Waals surface area contributed by atoms with E-state index >= 15 is 0 Å². The summed E-state index contributed by atoms with van der Waals surface area (Å²) >= 11 is 0. The summed E-state index contributed by atoms with van der Waals surface area (Å²) in [5, 5.41) is 0. The molecule has 0 aliphatic carbocycles. The number of sulfonamides is 1. The number of ether oxygens (including phenoxy) is 1. The molecule has 9 heteroatoms. The molecule has 0 N–H and O–H groups in total. The summed E-state index contributed by atoms with van der Waals surface area (Å²) in [6.07, 6.45) is 1.08. The molecule has 0 radical (unpaired) electrons. The molecule has 3 rings (SSSR count). The van der Waals surface area contributed by atoms with Gasteiger partial charge in [0.15, 0.2) is 0 Å². The first kappa shape index (κ1) is 17.2. The molecular weight excluding hydrogens is 342 g/mol. The second-order valence-corrected chi connectivity index (χ2v) is 7.71. The van der Waals surface area contributed by atoms with Crippen LogP contribution < -0.4 is 0 Å². The standard InChI is InChI=1S/C15H18F2N2O4S/c16-11-3-4-14(12(17)10-11)24(21,22)19-7-5-18(6-8-19)15(20)13-2-1-9-23-13/h3-4,10,13H,1-2,5-9H2/t13-/m0/s1. The van der Waals surface area contributed by atoms with Crippen LogP contribution in [-0.2, 0) is 19.6 Å². The van der Waals surface area contributed by atoms with Crippen LogP contribution in [0.5, 0.6) is 0 Å². The van der Waals surface area contributed by atoms with Crippen molar-refractivity contribution in [1.82, 2.24) is 9.21 Å². The minimum Gasteiger partial charge on any atom is -0.368 e. The zero-order chi connectivity index (χ0) is 17.3. The van der Waals surface area contributed by atoms with Gasteiger partial charge in [0, 0.05) is 38.9 Å². The number of hydrogen-bond donors (Lipinski definition) is 0. The average molecular weight is 360 g/mol. The minimum atomic E-state index is -4.06. The van der Waals surface area contributed by atoms with Gasteiger partial charge in [-0.15, -0.1) is 0 Å². The molecule has 2 heterocycles. The van der Waals surface area contributed by atoms with Crippen molar-refractivity contribution in [2.75, 3.05) is 32.8 Å². The third-order valence-corrected chi connectivity index (χ3v) is 6.20. The Kier molecular flexibility index (Phi) is 4.84. The van der Waals surface area contributed by atoms with Gasteiger partial charge in [-0.3, -0.25) is 4.79 Å². The number of hydrogen-bond acceptors (Lipinski definition) is 4. The molecule has 2 fully saturated rings. The van der Waals surface area contributed by atoms with Crippen LogP contribution in [-0.4, -0.2) is 62.4 Å². The highest BCUT2D eigenvalue weighted by atomic mass is 32.2. The van der Waals surface area contributed by atoms with E-state index in [1.165, 1.54) is 0 Å². The first-order valence-corrected chi connectivity index (χ1v) is 9.19. The molecule has 2 aliphatic rings. The summed E-state index contributed by atoms with van der Waals surface area (Å²) in [6.45, 7) is 1.14. The lowest BCUT2D eigenvalue weighted by atomic mass is 10.2. The fourth-order valence-corrected chi connectivity index (χ4v) is 4.42. The monoisotopic (exact) mass is 360 g/mol. The second kappa shape index (κ2) is 6.73. The zero-order valence-electron chi connectivity index (χ0n) is 13.0. The van der Waals surface area contributed by atoms with Crippen LogP contribution in [0.15, 0.2) is 23.1 Å². The third kappa shape index (κ3) is 3.28. The molecule has 132 valence electrons. The molecule has 0 spiro atoms. The lowest BCUT2D eigenvalue weighted by Crippen LogP contribution is -2.52. The highest BCUT2D eigenvalue weighted by molar-refractivity contribution is 7.89. The van der Waals surface area contributed by atoms with Crippen molar-refractivity contribution in [2.45, 2.75) is 23.8 Å². The summed E-state index contributed by atoms with van der Waals surface area (Å²) < 4.78 is 58.2. The van der Waals surface area contributed by atoms with Crippen molar-refractivity contribution >= 4 is 15.9 Å². The van der Waals surface area contributed by atoms with Gasteiger partial charge in [-0.25, -0.2) is 17.2 Å². The molecule has 2 aliphatic heterocycles. The number of carbonyl (C=O) groups excluding carboxylic acids is 1. The van der Waals surface area contributed by atoms with E-state index in [0.29, 0.717) is 19.1 Å². The summed E-state index contributed by atoms with van der Waals surface area (Å²) in [4.78, 5) is 13.3. The summed E-state index contributed by atoms with van der Waals surface area (Å²) in [5.74, 6) is -2.08. The van der Waals surface area contributed by atoms with Crippen LogP contribution >= 0.6 is 0 Å². The van der Waals surface area contributed by atoms with Crippen molar-refractivity contribution in [3.8, 4) is 0 Å². The fraction of sp³-hybridized carbons (Fsp3) is 0.533. The lowest BCUT2D eigenvalue weighted by molar-refractivity contribution is -0.142. The van der Waals surface area contributed by atoms with Gasteiger partial charge in [-0.05, 0) is 25.0 Å². The van der Waals surface area contributed by atoms with Crippen LogP contribution in [0.1, 0.15) is 12.8 Å². The third-order valence-electron chi connectivity index (χ3n) is 4.27. The number of piperazine rings is 1. The van der Waals surface area contributed by atoms with Gasteiger partial charge in [-0.2, -0.15) is 4.31 Å². The van der Waals surface area contributed by atoms with Crippen LogP contribution in [0.2, 0.25) is 0 Å². The van der Waals surface area contributed by atoms with Crippen LogP contribution in [0.25, 0.3) is 0 Å².